The van der Waals surface area contributed by atoms with Crippen molar-refractivity contribution < 1.29 is 14.7 Å². The van der Waals surface area contributed by atoms with Gasteiger partial charge in [-0.2, -0.15) is 0 Å². The van der Waals surface area contributed by atoms with Crippen LogP contribution < -0.4 is 5.73 Å². The van der Waals surface area contributed by atoms with E-state index < -0.39 is 17.3 Å². The summed E-state index contributed by atoms with van der Waals surface area (Å²) < 4.78 is 0. The molecule has 3 N–H and O–H groups in total. The standard InChI is InChI=1S/C11H20N2O3/c1-3-4-11(10(15)16)5-6-13(7-11)8(2)9(12)14/h8H,3-7H2,1-2H3,(H2,12,14)(H,15,16). The minimum atomic E-state index is -0.756. The van der Waals surface area contributed by atoms with E-state index in [4.69, 9.17) is 5.73 Å². The molecule has 16 heavy (non-hydrogen) atoms. The summed E-state index contributed by atoms with van der Waals surface area (Å²) in [6, 6.07) is -0.377. The molecule has 0 saturated carbocycles. The van der Waals surface area contributed by atoms with Crippen LogP contribution >= 0.6 is 0 Å². The fourth-order valence-corrected chi connectivity index (χ4v) is 2.38. The fourth-order valence-electron chi connectivity index (χ4n) is 2.38. The van der Waals surface area contributed by atoms with E-state index in [-0.39, 0.29) is 6.04 Å². The lowest BCUT2D eigenvalue weighted by Crippen LogP contribution is -2.43. The molecule has 0 bridgehead atoms. The molecule has 0 aromatic carbocycles. The maximum Gasteiger partial charge on any atom is 0.310 e. The number of likely N-dealkylation sites (tertiary alicyclic amines) is 1. The van der Waals surface area contributed by atoms with E-state index in [2.05, 4.69) is 0 Å². The SMILES string of the molecule is CCCC1(C(=O)O)CCN(C(C)C(N)=O)C1. The zero-order valence-corrected chi connectivity index (χ0v) is 9.90. The van der Waals surface area contributed by atoms with Crippen molar-refractivity contribution in [1.82, 2.24) is 4.90 Å². The van der Waals surface area contributed by atoms with Gasteiger partial charge in [0.15, 0.2) is 0 Å². The molecule has 1 aliphatic heterocycles. The number of aliphatic carboxylic acids is 1. The summed E-state index contributed by atoms with van der Waals surface area (Å²) in [4.78, 5) is 24.2. The largest absolute Gasteiger partial charge is 0.481 e. The van der Waals surface area contributed by atoms with Crippen molar-refractivity contribution in [2.75, 3.05) is 13.1 Å². The molecule has 0 aliphatic carbocycles. The predicted molar refractivity (Wildman–Crippen MR) is 59.8 cm³/mol. The Bertz CT molecular complexity index is 293. The zero-order valence-electron chi connectivity index (χ0n) is 9.90. The Morgan fingerprint density at radius 2 is 2.19 bits per heavy atom. The number of carbonyl (C=O) groups excluding carboxylic acids is 1. The smallest absolute Gasteiger partial charge is 0.310 e. The van der Waals surface area contributed by atoms with E-state index in [0.29, 0.717) is 25.9 Å². The van der Waals surface area contributed by atoms with Crippen LogP contribution in [0, 0.1) is 5.41 Å². The van der Waals surface area contributed by atoms with Gasteiger partial charge in [0.1, 0.15) is 0 Å². The molecule has 5 nitrogen and oxygen atoms in total. The first-order valence-corrected chi connectivity index (χ1v) is 5.69. The first-order valence-electron chi connectivity index (χ1n) is 5.69. The monoisotopic (exact) mass is 228 g/mol. The van der Waals surface area contributed by atoms with Gasteiger partial charge in [0.05, 0.1) is 11.5 Å². The third-order valence-electron chi connectivity index (χ3n) is 3.53. The third kappa shape index (κ3) is 2.35. The number of nitrogens with zero attached hydrogens (tertiary/aromatic N) is 1. The Labute approximate surface area is 95.6 Å². The van der Waals surface area contributed by atoms with Gasteiger partial charge < -0.3 is 10.8 Å². The first-order chi connectivity index (χ1) is 7.43. The highest BCUT2D eigenvalue weighted by Crippen LogP contribution is 2.36. The van der Waals surface area contributed by atoms with Gasteiger partial charge in [-0.3, -0.25) is 14.5 Å². The molecule has 2 unspecified atom stereocenters. The summed E-state index contributed by atoms with van der Waals surface area (Å²) in [5, 5.41) is 9.29. The summed E-state index contributed by atoms with van der Waals surface area (Å²) in [5.74, 6) is -1.15. The van der Waals surface area contributed by atoms with Crippen molar-refractivity contribution in [3.05, 3.63) is 0 Å². The predicted octanol–water partition coefficient (Wildman–Crippen LogP) is 0.437. The van der Waals surface area contributed by atoms with Crippen LogP contribution in [0.3, 0.4) is 0 Å². The molecule has 1 aliphatic rings. The van der Waals surface area contributed by atoms with Gasteiger partial charge >= 0.3 is 5.97 Å². The van der Waals surface area contributed by atoms with Gasteiger partial charge in [-0.25, -0.2) is 0 Å². The van der Waals surface area contributed by atoms with E-state index in [1.165, 1.54) is 0 Å². The van der Waals surface area contributed by atoms with E-state index in [9.17, 15) is 14.7 Å². The Morgan fingerprint density at radius 3 is 2.62 bits per heavy atom. The fraction of sp³-hybridized carbons (Fsp3) is 0.818. The number of carbonyl (C=O) groups is 2. The minimum Gasteiger partial charge on any atom is -0.481 e. The van der Waals surface area contributed by atoms with Crippen molar-refractivity contribution >= 4 is 11.9 Å². The number of carboxylic acid groups (broad SMARTS) is 1. The van der Waals surface area contributed by atoms with Crippen LogP contribution in [0.2, 0.25) is 0 Å². The zero-order chi connectivity index (χ0) is 12.3. The van der Waals surface area contributed by atoms with Crippen LogP contribution in [0.25, 0.3) is 0 Å². The van der Waals surface area contributed by atoms with Gasteiger partial charge in [-0.15, -0.1) is 0 Å². The molecule has 0 radical (unpaired) electrons. The molecular weight excluding hydrogens is 208 g/mol. The highest BCUT2D eigenvalue weighted by atomic mass is 16.4. The Kier molecular flexibility index (Phi) is 3.91. The molecule has 0 aromatic heterocycles. The summed E-state index contributed by atoms with van der Waals surface area (Å²) in [6.45, 7) is 4.77. The second-order valence-electron chi connectivity index (χ2n) is 4.63. The van der Waals surface area contributed by atoms with Gasteiger partial charge in [-0.05, 0) is 19.8 Å². The maximum atomic E-state index is 11.3. The van der Waals surface area contributed by atoms with E-state index in [0.717, 1.165) is 6.42 Å². The van der Waals surface area contributed by atoms with Gasteiger partial charge in [-0.1, -0.05) is 13.3 Å². The molecule has 1 saturated heterocycles. The van der Waals surface area contributed by atoms with E-state index in [1.807, 2.05) is 11.8 Å². The normalized spacial score (nSPS) is 27.9. The van der Waals surface area contributed by atoms with Crippen molar-refractivity contribution in [2.45, 2.75) is 39.2 Å². The Morgan fingerprint density at radius 1 is 1.56 bits per heavy atom. The highest BCUT2D eigenvalue weighted by molar-refractivity contribution is 5.80. The molecule has 1 heterocycles. The lowest BCUT2D eigenvalue weighted by molar-refractivity contribution is -0.149. The number of rotatable bonds is 5. The van der Waals surface area contributed by atoms with Crippen LogP contribution in [-0.4, -0.2) is 41.0 Å². The molecule has 92 valence electrons. The maximum absolute atomic E-state index is 11.3. The molecule has 5 heteroatoms. The third-order valence-corrected chi connectivity index (χ3v) is 3.53. The summed E-state index contributed by atoms with van der Waals surface area (Å²) in [7, 11) is 0. The van der Waals surface area contributed by atoms with Crippen molar-refractivity contribution in [2.24, 2.45) is 11.1 Å². The lowest BCUT2D eigenvalue weighted by atomic mass is 9.83. The number of carboxylic acids is 1. The van der Waals surface area contributed by atoms with E-state index in [1.54, 1.807) is 6.92 Å². The quantitative estimate of drug-likeness (QED) is 0.715. The average Bonchev–Trinajstić information content (AvgIpc) is 2.62. The number of hydrogen-bond acceptors (Lipinski definition) is 3. The number of amides is 1. The van der Waals surface area contributed by atoms with Crippen LogP contribution in [0.1, 0.15) is 33.1 Å². The second kappa shape index (κ2) is 4.82. The summed E-state index contributed by atoms with van der Waals surface area (Å²) >= 11 is 0. The molecule has 1 rings (SSSR count). The molecular formula is C11H20N2O3. The van der Waals surface area contributed by atoms with Gasteiger partial charge in [0.2, 0.25) is 5.91 Å². The second-order valence-corrected chi connectivity index (χ2v) is 4.63. The van der Waals surface area contributed by atoms with Crippen LogP contribution in [0.5, 0.6) is 0 Å². The van der Waals surface area contributed by atoms with Crippen LogP contribution in [-0.2, 0) is 9.59 Å². The Balaban J connectivity index is 2.74. The Hall–Kier alpha value is -1.10. The van der Waals surface area contributed by atoms with Gasteiger partial charge in [0, 0.05) is 13.1 Å². The summed E-state index contributed by atoms with van der Waals surface area (Å²) in [6.07, 6.45) is 2.10. The molecule has 0 aromatic rings. The van der Waals surface area contributed by atoms with E-state index >= 15 is 0 Å². The number of nitrogens with two attached hydrogens (primary N) is 1. The van der Waals surface area contributed by atoms with Crippen molar-refractivity contribution in [3.63, 3.8) is 0 Å². The lowest BCUT2D eigenvalue weighted by Gasteiger charge is -2.26. The average molecular weight is 228 g/mol. The van der Waals surface area contributed by atoms with Crippen molar-refractivity contribution in [3.8, 4) is 0 Å². The molecule has 2 atom stereocenters. The topological polar surface area (TPSA) is 83.6 Å². The molecule has 0 spiro atoms. The van der Waals surface area contributed by atoms with Crippen LogP contribution in [0.15, 0.2) is 0 Å². The highest BCUT2D eigenvalue weighted by Gasteiger charge is 2.45. The van der Waals surface area contributed by atoms with Gasteiger partial charge in [0.25, 0.3) is 0 Å². The summed E-state index contributed by atoms with van der Waals surface area (Å²) in [5.41, 5.74) is 4.54. The molecule has 1 amide bonds. The molecule has 1 fully saturated rings. The van der Waals surface area contributed by atoms with Crippen molar-refractivity contribution in [1.29, 1.82) is 0 Å². The minimum absolute atomic E-state index is 0.377. The van der Waals surface area contributed by atoms with Crippen LogP contribution in [0.4, 0.5) is 0 Å². The first kappa shape index (κ1) is 13.0. The number of primary amides is 1. The number of hydrogen-bond donors (Lipinski definition) is 2.